The minimum absolute atomic E-state index is 0.106. The number of nitro groups is 1. The number of nitro benzene ring substituents is 1. The Bertz CT molecular complexity index is 349. The predicted octanol–water partition coefficient (Wildman–Crippen LogP) is 2.61. The SMILES string of the molecule is COC(C)c1cc([N+](=O)[O-])ccc1C. The molecule has 0 spiro atoms. The zero-order valence-corrected chi connectivity index (χ0v) is 8.48. The van der Waals surface area contributed by atoms with E-state index in [-0.39, 0.29) is 11.8 Å². The number of benzene rings is 1. The van der Waals surface area contributed by atoms with E-state index >= 15 is 0 Å². The maximum absolute atomic E-state index is 10.5. The molecule has 0 saturated carbocycles. The van der Waals surface area contributed by atoms with Gasteiger partial charge in [-0.15, -0.1) is 0 Å². The summed E-state index contributed by atoms with van der Waals surface area (Å²) in [4.78, 5) is 10.1. The molecule has 0 fully saturated rings. The quantitative estimate of drug-likeness (QED) is 0.550. The molecule has 0 heterocycles. The molecule has 0 bridgehead atoms. The van der Waals surface area contributed by atoms with Gasteiger partial charge >= 0.3 is 0 Å². The van der Waals surface area contributed by atoms with Gasteiger partial charge in [0, 0.05) is 19.2 Å². The molecule has 1 unspecified atom stereocenters. The van der Waals surface area contributed by atoms with Crippen LogP contribution in [0.5, 0.6) is 0 Å². The highest BCUT2D eigenvalue weighted by Crippen LogP contribution is 2.24. The largest absolute Gasteiger partial charge is 0.377 e. The van der Waals surface area contributed by atoms with Crippen molar-refractivity contribution in [3.8, 4) is 0 Å². The summed E-state index contributed by atoms with van der Waals surface area (Å²) >= 11 is 0. The zero-order chi connectivity index (χ0) is 10.7. The molecule has 0 aliphatic carbocycles. The average Bonchev–Trinajstić information content (AvgIpc) is 2.17. The second kappa shape index (κ2) is 4.19. The lowest BCUT2D eigenvalue weighted by molar-refractivity contribution is -0.385. The fraction of sp³-hybridized carbons (Fsp3) is 0.400. The third kappa shape index (κ3) is 2.09. The van der Waals surface area contributed by atoms with Crippen molar-refractivity contribution < 1.29 is 9.66 Å². The van der Waals surface area contributed by atoms with Crippen LogP contribution in [0, 0.1) is 17.0 Å². The number of non-ortho nitro benzene ring substituents is 1. The highest BCUT2D eigenvalue weighted by Gasteiger charge is 2.12. The first-order chi connectivity index (χ1) is 6.56. The Hall–Kier alpha value is -1.42. The predicted molar refractivity (Wildman–Crippen MR) is 53.3 cm³/mol. The van der Waals surface area contributed by atoms with Crippen LogP contribution in [0.25, 0.3) is 0 Å². The summed E-state index contributed by atoms with van der Waals surface area (Å²) < 4.78 is 5.13. The Kier molecular flexibility index (Phi) is 3.19. The maximum Gasteiger partial charge on any atom is 0.269 e. The smallest absolute Gasteiger partial charge is 0.269 e. The Morgan fingerprint density at radius 2 is 2.14 bits per heavy atom. The van der Waals surface area contributed by atoms with E-state index in [0.717, 1.165) is 11.1 Å². The molecular formula is C10H13NO3. The van der Waals surface area contributed by atoms with Gasteiger partial charge in [-0.25, -0.2) is 0 Å². The number of aryl methyl sites for hydroxylation is 1. The van der Waals surface area contributed by atoms with Gasteiger partial charge in [0.15, 0.2) is 0 Å². The van der Waals surface area contributed by atoms with Gasteiger partial charge in [-0.05, 0) is 25.0 Å². The molecule has 1 atom stereocenters. The van der Waals surface area contributed by atoms with Crippen molar-refractivity contribution in [3.63, 3.8) is 0 Å². The minimum Gasteiger partial charge on any atom is -0.377 e. The lowest BCUT2D eigenvalue weighted by Gasteiger charge is -2.12. The summed E-state index contributed by atoms with van der Waals surface area (Å²) in [7, 11) is 1.59. The lowest BCUT2D eigenvalue weighted by atomic mass is 10.0. The highest BCUT2D eigenvalue weighted by atomic mass is 16.6. The van der Waals surface area contributed by atoms with E-state index in [2.05, 4.69) is 0 Å². The van der Waals surface area contributed by atoms with Crippen molar-refractivity contribution in [1.29, 1.82) is 0 Å². The van der Waals surface area contributed by atoms with Crippen molar-refractivity contribution in [2.24, 2.45) is 0 Å². The van der Waals surface area contributed by atoms with E-state index in [1.54, 1.807) is 19.2 Å². The maximum atomic E-state index is 10.5. The molecule has 76 valence electrons. The van der Waals surface area contributed by atoms with Crippen LogP contribution in [-0.2, 0) is 4.74 Å². The first-order valence-electron chi connectivity index (χ1n) is 4.34. The number of hydrogen-bond donors (Lipinski definition) is 0. The Balaban J connectivity index is 3.14. The van der Waals surface area contributed by atoms with E-state index in [9.17, 15) is 10.1 Å². The van der Waals surface area contributed by atoms with Crippen LogP contribution in [0.2, 0.25) is 0 Å². The molecule has 0 amide bonds. The van der Waals surface area contributed by atoms with Gasteiger partial charge in [-0.2, -0.15) is 0 Å². The average molecular weight is 195 g/mol. The van der Waals surface area contributed by atoms with Gasteiger partial charge in [-0.1, -0.05) is 6.07 Å². The monoisotopic (exact) mass is 195 g/mol. The van der Waals surface area contributed by atoms with Gasteiger partial charge in [-0.3, -0.25) is 10.1 Å². The Morgan fingerprint density at radius 3 is 2.64 bits per heavy atom. The number of hydrogen-bond acceptors (Lipinski definition) is 3. The molecule has 0 aromatic heterocycles. The third-order valence-electron chi connectivity index (χ3n) is 2.27. The number of methoxy groups -OCH3 is 1. The molecule has 1 aromatic carbocycles. The number of ether oxygens (including phenoxy) is 1. The van der Waals surface area contributed by atoms with Gasteiger partial charge in [0.25, 0.3) is 5.69 Å². The van der Waals surface area contributed by atoms with Crippen LogP contribution in [0.4, 0.5) is 5.69 Å². The molecule has 0 radical (unpaired) electrons. The van der Waals surface area contributed by atoms with Crippen molar-refractivity contribution in [2.45, 2.75) is 20.0 Å². The lowest BCUT2D eigenvalue weighted by Crippen LogP contribution is -2.00. The van der Waals surface area contributed by atoms with Crippen LogP contribution in [0.1, 0.15) is 24.2 Å². The number of nitrogens with zero attached hydrogens (tertiary/aromatic N) is 1. The minimum atomic E-state index is -0.398. The normalized spacial score (nSPS) is 12.5. The molecular weight excluding hydrogens is 182 g/mol. The summed E-state index contributed by atoms with van der Waals surface area (Å²) in [5.74, 6) is 0. The molecule has 0 saturated heterocycles. The fourth-order valence-corrected chi connectivity index (χ4v) is 1.31. The van der Waals surface area contributed by atoms with E-state index in [4.69, 9.17) is 4.74 Å². The number of rotatable bonds is 3. The third-order valence-corrected chi connectivity index (χ3v) is 2.27. The summed E-state index contributed by atoms with van der Waals surface area (Å²) in [6.45, 7) is 3.78. The molecule has 1 aromatic rings. The van der Waals surface area contributed by atoms with E-state index in [1.165, 1.54) is 6.07 Å². The van der Waals surface area contributed by atoms with E-state index in [1.807, 2.05) is 13.8 Å². The molecule has 0 aliphatic rings. The van der Waals surface area contributed by atoms with Crippen molar-refractivity contribution in [3.05, 3.63) is 39.4 Å². The fourth-order valence-electron chi connectivity index (χ4n) is 1.31. The van der Waals surface area contributed by atoms with Gasteiger partial charge in [0.2, 0.25) is 0 Å². The standard InChI is InChI=1S/C10H13NO3/c1-7-4-5-9(11(12)13)6-10(7)8(2)14-3/h4-6,8H,1-3H3. The summed E-state index contributed by atoms with van der Waals surface area (Å²) in [5.41, 5.74) is 1.97. The first kappa shape index (κ1) is 10.7. The molecule has 0 aliphatic heterocycles. The summed E-state index contributed by atoms with van der Waals surface area (Å²) in [6.07, 6.45) is -0.116. The molecule has 1 rings (SSSR count). The van der Waals surface area contributed by atoms with Gasteiger partial charge in [0.05, 0.1) is 11.0 Å². The topological polar surface area (TPSA) is 52.4 Å². The van der Waals surface area contributed by atoms with Crippen LogP contribution in [0.15, 0.2) is 18.2 Å². The van der Waals surface area contributed by atoms with Crippen LogP contribution < -0.4 is 0 Å². The van der Waals surface area contributed by atoms with Crippen LogP contribution in [0.3, 0.4) is 0 Å². The second-order valence-corrected chi connectivity index (χ2v) is 3.18. The highest BCUT2D eigenvalue weighted by molar-refractivity contribution is 5.40. The van der Waals surface area contributed by atoms with Crippen molar-refractivity contribution in [2.75, 3.05) is 7.11 Å². The van der Waals surface area contributed by atoms with Crippen LogP contribution in [-0.4, -0.2) is 12.0 Å². The van der Waals surface area contributed by atoms with Crippen LogP contribution >= 0.6 is 0 Å². The summed E-state index contributed by atoms with van der Waals surface area (Å²) in [5, 5.41) is 10.5. The Labute approximate surface area is 82.7 Å². The molecule has 4 heteroatoms. The van der Waals surface area contributed by atoms with Gasteiger partial charge in [0.1, 0.15) is 0 Å². The molecule has 4 nitrogen and oxygen atoms in total. The molecule has 14 heavy (non-hydrogen) atoms. The molecule has 0 N–H and O–H groups in total. The summed E-state index contributed by atoms with van der Waals surface area (Å²) in [6, 6.07) is 4.80. The van der Waals surface area contributed by atoms with E-state index < -0.39 is 4.92 Å². The van der Waals surface area contributed by atoms with E-state index in [0.29, 0.717) is 0 Å². The van der Waals surface area contributed by atoms with Gasteiger partial charge < -0.3 is 4.74 Å². The van der Waals surface area contributed by atoms with Crippen molar-refractivity contribution in [1.82, 2.24) is 0 Å². The first-order valence-corrected chi connectivity index (χ1v) is 4.34. The second-order valence-electron chi connectivity index (χ2n) is 3.18. The zero-order valence-electron chi connectivity index (χ0n) is 8.48. The Morgan fingerprint density at radius 1 is 1.50 bits per heavy atom. The van der Waals surface area contributed by atoms with Crippen molar-refractivity contribution >= 4 is 5.69 Å².